The molecular weight excluding hydrogens is 1210 g/mol. The third kappa shape index (κ3) is 22.1. The van der Waals surface area contributed by atoms with Gasteiger partial charge >= 0.3 is 88.7 Å². The number of aliphatic hydroxyl groups excluding tert-OH is 24. The second kappa shape index (κ2) is 38.9. The Morgan fingerprint density at radius 2 is 0.529 bits per heavy atom. The van der Waals surface area contributed by atoms with Gasteiger partial charge in [0.05, 0.1) is 45.6 Å². The van der Waals surface area contributed by atoms with Crippen molar-refractivity contribution in [3.8, 4) is 0 Å². The molecule has 0 aliphatic carbocycles. The monoisotopic (exact) mass is 1280 g/mol. The fourth-order valence-electron chi connectivity index (χ4n) is 8.39. The van der Waals surface area contributed by atoms with Gasteiger partial charge in [-0.3, -0.25) is 0 Å². The molecule has 40 nitrogen and oxygen atoms in total. The summed E-state index contributed by atoms with van der Waals surface area (Å²) in [5.74, 6) is -5.98. The zero-order chi connectivity index (χ0) is 62.6. The molecule has 6 aliphatic rings. The van der Waals surface area contributed by atoms with E-state index >= 15 is 0 Å². The summed E-state index contributed by atoms with van der Waals surface area (Å²) in [6, 6.07) is 0. The van der Waals surface area contributed by atoms with Crippen LogP contribution < -0.4 is 104 Å². The van der Waals surface area contributed by atoms with E-state index < -0.39 is 260 Å². The number of carboxylic acids is 3. The third-order valence-corrected chi connectivity index (χ3v) is 13.2. The Balaban J connectivity index is 0.00000112. The van der Waals surface area contributed by atoms with Gasteiger partial charge in [-0.25, -0.2) is 0 Å². The van der Waals surface area contributed by atoms with Crippen LogP contribution in [0.4, 0.5) is 0 Å². The van der Waals surface area contributed by atoms with E-state index in [2.05, 4.69) is 0 Å². The molecule has 482 valence electrons. The minimum atomic E-state index is -2.97. The Morgan fingerprint density at radius 1 is 0.318 bits per heavy atom. The van der Waals surface area contributed by atoms with Crippen molar-refractivity contribution in [3.63, 3.8) is 0 Å². The molecule has 0 aromatic rings. The average molecular weight is 1280 g/mol. The maximum Gasteiger partial charge on any atom is 1.00 e. The van der Waals surface area contributed by atoms with E-state index in [4.69, 9.17) is 63.1 Å². The standard InChI is InChI=1S/3C12H22O11.C6H8O7.3Na/c3*13-1-3-5(15)6(16)9(19)12(22-3)23-10-4(2-14)21-11(20)8(18)7(10)17;7-3(8)1-6(13,5(11)12)2-4(9)10;;;/h3*3-20H,1-2H2;13H,1-2H2,(H,7,8)(H,9,10)(H,11,12);;;/q;;;;3*+1/p-3/t3*3-,4-,5+,6+,7-,8-,9-,10-,11+,12+;;;;/m111..../s1. The summed E-state index contributed by atoms with van der Waals surface area (Å²) in [5, 5.41) is 268. The average Bonchev–Trinajstić information content (AvgIpc) is 3.57. The van der Waals surface area contributed by atoms with Crippen molar-refractivity contribution in [2.75, 3.05) is 39.6 Å². The van der Waals surface area contributed by atoms with Gasteiger partial charge in [-0.05, 0) is 0 Å². The predicted octanol–water partition coefficient (Wildman–Crippen LogP) is -30.4. The van der Waals surface area contributed by atoms with Crippen molar-refractivity contribution in [1.82, 2.24) is 0 Å². The van der Waals surface area contributed by atoms with E-state index in [1.54, 1.807) is 0 Å². The Morgan fingerprint density at radius 3 is 0.706 bits per heavy atom. The van der Waals surface area contributed by atoms with Crippen LogP contribution in [-0.4, -0.2) is 375 Å². The van der Waals surface area contributed by atoms with Gasteiger partial charge in [-0.1, -0.05) is 0 Å². The Kier molecular flexibility index (Phi) is 38.9. The van der Waals surface area contributed by atoms with Crippen LogP contribution in [0.3, 0.4) is 0 Å². The molecule has 30 atom stereocenters. The number of rotatable bonds is 17. The van der Waals surface area contributed by atoms with Crippen molar-refractivity contribution in [3.05, 3.63) is 0 Å². The van der Waals surface area contributed by atoms with Crippen LogP contribution >= 0.6 is 0 Å². The van der Waals surface area contributed by atoms with E-state index in [9.17, 15) is 137 Å². The molecule has 6 aliphatic heterocycles. The van der Waals surface area contributed by atoms with Gasteiger partial charge in [0.25, 0.3) is 0 Å². The number of hydrogen-bond acceptors (Lipinski definition) is 40. The summed E-state index contributed by atoms with van der Waals surface area (Å²) in [6.45, 7) is -4.04. The molecule has 0 aromatic heterocycles. The second-order valence-electron chi connectivity index (χ2n) is 19.0. The van der Waals surface area contributed by atoms with Crippen molar-refractivity contribution >= 4 is 17.9 Å². The first-order chi connectivity index (χ1) is 38.2. The number of ether oxygens (including phenoxy) is 9. The van der Waals surface area contributed by atoms with Gasteiger partial charge in [-0.2, -0.15) is 0 Å². The van der Waals surface area contributed by atoms with Gasteiger partial charge in [-0.15, -0.1) is 0 Å². The van der Waals surface area contributed by atoms with Crippen LogP contribution in [0, 0.1) is 0 Å². The zero-order valence-electron chi connectivity index (χ0n) is 45.3. The molecule has 0 spiro atoms. The Bertz CT molecular complexity index is 1740. The van der Waals surface area contributed by atoms with E-state index in [1.165, 1.54) is 0 Å². The van der Waals surface area contributed by atoms with Crippen molar-refractivity contribution in [2.24, 2.45) is 0 Å². The van der Waals surface area contributed by atoms with Crippen LogP contribution in [0.25, 0.3) is 0 Å². The fourth-order valence-corrected chi connectivity index (χ4v) is 8.39. The minimum absolute atomic E-state index is 0. The molecule has 6 saturated heterocycles. The molecular formula is C42H71Na3O40. The molecule has 0 aromatic carbocycles. The maximum atomic E-state index is 10.1. The van der Waals surface area contributed by atoms with Crippen molar-refractivity contribution < 1.29 is 289 Å². The molecule has 85 heavy (non-hydrogen) atoms. The summed E-state index contributed by atoms with van der Waals surface area (Å²) in [4.78, 5) is 30.0. The molecule has 0 amide bonds. The SMILES string of the molecule is O=C([O-])CC(O)(CC(=O)[O-])C(=O)[O-].OC[C@H]1O[C@@H](O[C@H]2[C@H](O)[C@@H](O)[C@@H](O)O[C@@H]2CO)[C@H](O)[C@@H](O)[C@H]1O.OC[C@H]1O[C@@H](O[C@H]2[C@H](O)[C@@H](O)[C@@H](O)O[C@@H]2CO)[C@H](O)[C@@H](O)[C@H]1O.OC[C@H]1O[C@@H](O[C@H]2[C@H](O)[C@@H](O)[C@@H](O)O[C@@H]2CO)[C@H](O)[C@@H](O)[C@H]1O.[Na+].[Na+].[Na+]. The number of hydrogen-bond donors (Lipinski definition) is 25. The number of carbonyl (C=O) groups excluding carboxylic acids is 3. The van der Waals surface area contributed by atoms with Crippen LogP contribution in [0.5, 0.6) is 0 Å². The summed E-state index contributed by atoms with van der Waals surface area (Å²) in [6.07, 6.45) is -49.4. The second-order valence-corrected chi connectivity index (χ2v) is 19.0. The summed E-state index contributed by atoms with van der Waals surface area (Å²) < 4.78 is 45.8. The Labute approximate surface area is 545 Å². The first-order valence-electron chi connectivity index (χ1n) is 24.3. The van der Waals surface area contributed by atoms with Crippen molar-refractivity contribution in [1.29, 1.82) is 0 Å². The molecule has 43 heteroatoms. The Hall–Kier alpha value is 0.0500. The number of aliphatic hydroxyl groups is 25. The molecule has 25 N–H and O–H groups in total. The van der Waals surface area contributed by atoms with E-state index in [0.29, 0.717) is 0 Å². The molecule has 0 unspecified atom stereocenters. The van der Waals surface area contributed by atoms with E-state index in [1.807, 2.05) is 0 Å². The summed E-state index contributed by atoms with van der Waals surface area (Å²) in [5.41, 5.74) is -2.97. The van der Waals surface area contributed by atoms with Crippen LogP contribution in [-0.2, 0) is 57.0 Å². The number of carbonyl (C=O) groups is 3. The molecule has 0 radical (unpaired) electrons. The van der Waals surface area contributed by atoms with Crippen molar-refractivity contribution in [2.45, 2.75) is 203 Å². The quantitative estimate of drug-likeness (QED) is 0.0601. The van der Waals surface area contributed by atoms with Gasteiger partial charge in [0.1, 0.15) is 152 Å². The molecule has 6 fully saturated rings. The molecule has 0 saturated carbocycles. The third-order valence-electron chi connectivity index (χ3n) is 13.2. The van der Waals surface area contributed by atoms with Crippen LogP contribution in [0.1, 0.15) is 12.8 Å². The molecule has 0 bridgehead atoms. The minimum Gasteiger partial charge on any atom is -0.550 e. The smallest absolute Gasteiger partial charge is 0.550 e. The maximum absolute atomic E-state index is 10.1. The van der Waals surface area contributed by atoms with Gasteiger partial charge in [0.15, 0.2) is 37.7 Å². The molecule has 6 heterocycles. The largest absolute Gasteiger partial charge is 1.00 e. The van der Waals surface area contributed by atoms with Crippen LogP contribution in [0.15, 0.2) is 0 Å². The first-order valence-corrected chi connectivity index (χ1v) is 24.3. The fraction of sp³-hybridized carbons (Fsp3) is 0.929. The first kappa shape index (κ1) is 85.0. The summed E-state index contributed by atoms with van der Waals surface area (Å²) >= 11 is 0. The van der Waals surface area contributed by atoms with Gasteiger partial charge < -0.3 is 200 Å². The van der Waals surface area contributed by atoms with E-state index in [0.717, 1.165) is 0 Å². The van der Waals surface area contributed by atoms with Gasteiger partial charge in [0.2, 0.25) is 0 Å². The van der Waals surface area contributed by atoms with E-state index in [-0.39, 0.29) is 88.7 Å². The zero-order valence-corrected chi connectivity index (χ0v) is 51.3. The predicted molar refractivity (Wildman–Crippen MR) is 235 cm³/mol. The topological polar surface area (TPSA) is 709 Å². The van der Waals surface area contributed by atoms with Gasteiger partial charge in [0, 0.05) is 24.8 Å². The summed E-state index contributed by atoms with van der Waals surface area (Å²) in [7, 11) is 0. The normalized spacial score (nSPS) is 43.6. The van der Waals surface area contributed by atoms with Crippen LogP contribution in [0.2, 0.25) is 0 Å². The molecule has 6 rings (SSSR count). The number of aliphatic carboxylic acids is 3. The number of carboxylic acid groups (broad SMARTS) is 3.